The van der Waals surface area contributed by atoms with Crippen LogP contribution in [0.3, 0.4) is 0 Å². The zero-order chi connectivity index (χ0) is 30.2. The van der Waals surface area contributed by atoms with Crippen molar-refractivity contribution in [3.8, 4) is 11.5 Å². The molecule has 0 saturated carbocycles. The topological polar surface area (TPSA) is 105 Å². The first-order valence-corrected chi connectivity index (χ1v) is 14.9. The monoisotopic (exact) mass is 581 g/mol. The van der Waals surface area contributed by atoms with Gasteiger partial charge < -0.3 is 19.7 Å². The number of hydrogen-bond acceptors (Lipinski definition) is 6. The number of aryl methyl sites for hydroxylation is 1. The predicted molar refractivity (Wildman–Crippen MR) is 160 cm³/mol. The molecule has 3 rings (SSSR count). The summed E-state index contributed by atoms with van der Waals surface area (Å²) in [4.78, 5) is 28.6. The molecule has 0 unspecified atom stereocenters. The average molecular weight is 582 g/mol. The molecule has 2 amide bonds. The molecule has 41 heavy (non-hydrogen) atoms. The smallest absolute Gasteiger partial charge is 0.264 e. The normalized spacial score (nSPS) is 12.6. The summed E-state index contributed by atoms with van der Waals surface area (Å²) in [5.74, 6) is -0.130. The first kappa shape index (κ1) is 31.5. The van der Waals surface area contributed by atoms with Crippen molar-refractivity contribution in [3.63, 3.8) is 0 Å². The first-order valence-electron chi connectivity index (χ1n) is 13.5. The van der Waals surface area contributed by atoms with Gasteiger partial charge in [0.05, 0.1) is 24.8 Å². The van der Waals surface area contributed by atoms with Gasteiger partial charge in [-0.3, -0.25) is 13.9 Å². The summed E-state index contributed by atoms with van der Waals surface area (Å²) >= 11 is 0. The Morgan fingerprint density at radius 3 is 2.12 bits per heavy atom. The second-order valence-electron chi connectivity index (χ2n) is 9.87. The van der Waals surface area contributed by atoms with E-state index in [1.165, 1.54) is 37.3 Å². The highest BCUT2D eigenvalue weighted by atomic mass is 32.2. The van der Waals surface area contributed by atoms with Crippen LogP contribution in [0.25, 0.3) is 0 Å². The van der Waals surface area contributed by atoms with Gasteiger partial charge in [-0.15, -0.1) is 0 Å². The quantitative estimate of drug-likeness (QED) is 0.318. The molecule has 0 spiro atoms. The summed E-state index contributed by atoms with van der Waals surface area (Å²) in [5.41, 5.74) is 1.92. The van der Waals surface area contributed by atoms with E-state index in [0.29, 0.717) is 11.5 Å². The number of methoxy groups -OCH3 is 2. The van der Waals surface area contributed by atoms with Gasteiger partial charge in [-0.05, 0) is 57.0 Å². The lowest BCUT2D eigenvalue weighted by molar-refractivity contribution is -0.139. The number of amides is 2. The zero-order valence-electron chi connectivity index (χ0n) is 24.5. The van der Waals surface area contributed by atoms with E-state index in [0.717, 1.165) is 21.9 Å². The highest BCUT2D eigenvalue weighted by molar-refractivity contribution is 7.92. The van der Waals surface area contributed by atoms with Gasteiger partial charge in [0.2, 0.25) is 11.8 Å². The molecule has 0 heterocycles. The van der Waals surface area contributed by atoms with Crippen LogP contribution in [0.4, 0.5) is 5.69 Å². The minimum atomic E-state index is -4.20. The van der Waals surface area contributed by atoms with Gasteiger partial charge in [-0.2, -0.15) is 0 Å². The number of benzene rings is 3. The molecule has 10 heteroatoms. The predicted octanol–water partition coefficient (Wildman–Crippen LogP) is 4.54. The van der Waals surface area contributed by atoms with Crippen LogP contribution in [0.1, 0.15) is 38.3 Å². The number of carbonyl (C=O) groups excluding carboxylic acids is 2. The van der Waals surface area contributed by atoms with Gasteiger partial charge in [0, 0.05) is 18.7 Å². The summed E-state index contributed by atoms with van der Waals surface area (Å²) < 4.78 is 39.8. The van der Waals surface area contributed by atoms with E-state index in [9.17, 15) is 18.0 Å². The second-order valence-corrected chi connectivity index (χ2v) is 11.7. The van der Waals surface area contributed by atoms with E-state index in [4.69, 9.17) is 9.47 Å². The van der Waals surface area contributed by atoms with Crippen molar-refractivity contribution in [2.24, 2.45) is 0 Å². The lowest BCUT2D eigenvalue weighted by atomic mass is 10.1. The fourth-order valence-corrected chi connectivity index (χ4v) is 5.58. The highest BCUT2D eigenvalue weighted by Crippen LogP contribution is 2.34. The number of nitrogens with one attached hydrogen (secondary N) is 1. The molecule has 0 aliphatic heterocycles. The molecule has 3 aromatic carbocycles. The Bertz CT molecular complexity index is 1430. The third kappa shape index (κ3) is 7.79. The minimum Gasteiger partial charge on any atom is -0.493 e. The van der Waals surface area contributed by atoms with Crippen LogP contribution in [0.2, 0.25) is 0 Å². The van der Waals surface area contributed by atoms with E-state index in [1.54, 1.807) is 31.2 Å². The van der Waals surface area contributed by atoms with Crippen molar-refractivity contribution < 1.29 is 27.5 Å². The summed E-state index contributed by atoms with van der Waals surface area (Å²) in [6, 6.07) is 19.4. The summed E-state index contributed by atoms with van der Waals surface area (Å²) in [5, 5.41) is 2.93. The van der Waals surface area contributed by atoms with E-state index >= 15 is 0 Å². The molecule has 0 aliphatic rings. The first-order chi connectivity index (χ1) is 19.5. The van der Waals surface area contributed by atoms with Crippen molar-refractivity contribution in [3.05, 3.63) is 83.9 Å². The van der Waals surface area contributed by atoms with E-state index in [2.05, 4.69) is 5.32 Å². The number of carbonyl (C=O) groups is 2. The number of anilines is 1. The zero-order valence-corrected chi connectivity index (χ0v) is 25.3. The maximum atomic E-state index is 14.0. The number of nitrogens with zero attached hydrogens (tertiary/aromatic N) is 2. The molecule has 0 bridgehead atoms. The van der Waals surface area contributed by atoms with Crippen molar-refractivity contribution in [1.82, 2.24) is 10.2 Å². The van der Waals surface area contributed by atoms with Crippen molar-refractivity contribution in [1.29, 1.82) is 0 Å². The third-order valence-corrected chi connectivity index (χ3v) is 8.70. The van der Waals surface area contributed by atoms with Crippen LogP contribution >= 0.6 is 0 Å². The van der Waals surface area contributed by atoms with Gasteiger partial charge >= 0.3 is 0 Å². The van der Waals surface area contributed by atoms with Crippen LogP contribution < -0.4 is 19.1 Å². The Labute approximate surface area is 243 Å². The van der Waals surface area contributed by atoms with E-state index in [-0.39, 0.29) is 29.1 Å². The van der Waals surface area contributed by atoms with Crippen LogP contribution in [0, 0.1) is 6.92 Å². The maximum Gasteiger partial charge on any atom is 0.264 e. The molecule has 1 N–H and O–H groups in total. The number of ether oxygens (including phenoxy) is 2. The van der Waals surface area contributed by atoms with Crippen molar-refractivity contribution in [2.75, 3.05) is 25.1 Å². The average Bonchev–Trinajstić information content (AvgIpc) is 2.98. The lowest BCUT2D eigenvalue weighted by Crippen LogP contribution is -2.52. The molecular weight excluding hydrogens is 542 g/mol. The Morgan fingerprint density at radius 1 is 0.902 bits per heavy atom. The summed E-state index contributed by atoms with van der Waals surface area (Å²) in [7, 11) is -1.27. The van der Waals surface area contributed by atoms with Crippen molar-refractivity contribution in [2.45, 2.75) is 57.6 Å². The van der Waals surface area contributed by atoms with Crippen LogP contribution in [-0.4, -0.2) is 58.0 Å². The van der Waals surface area contributed by atoms with Gasteiger partial charge in [0.1, 0.15) is 12.6 Å². The van der Waals surface area contributed by atoms with Gasteiger partial charge in [-0.1, -0.05) is 55.0 Å². The lowest BCUT2D eigenvalue weighted by Gasteiger charge is -2.32. The molecule has 0 aliphatic carbocycles. The largest absolute Gasteiger partial charge is 0.493 e. The van der Waals surface area contributed by atoms with E-state index in [1.807, 2.05) is 51.1 Å². The van der Waals surface area contributed by atoms with E-state index < -0.39 is 28.5 Å². The Balaban J connectivity index is 2.07. The van der Waals surface area contributed by atoms with Crippen LogP contribution in [0.5, 0.6) is 11.5 Å². The van der Waals surface area contributed by atoms with Gasteiger partial charge in [0.25, 0.3) is 10.0 Å². The van der Waals surface area contributed by atoms with Crippen molar-refractivity contribution >= 4 is 27.5 Å². The highest BCUT2D eigenvalue weighted by Gasteiger charge is 2.33. The van der Waals surface area contributed by atoms with Gasteiger partial charge in [0.15, 0.2) is 11.5 Å². The Kier molecular flexibility index (Phi) is 10.8. The maximum absolute atomic E-state index is 14.0. The summed E-state index contributed by atoms with van der Waals surface area (Å²) in [6.07, 6.45) is 0.729. The molecule has 0 radical (unpaired) electrons. The van der Waals surface area contributed by atoms with Gasteiger partial charge in [-0.25, -0.2) is 8.42 Å². The molecule has 9 nitrogen and oxygen atoms in total. The standard InChI is InChI=1S/C31H39N3O6S/c1-7-23(3)32-31(36)24(4)33(20-25-11-9-8-10-12-25)30(35)21-34(26-15-18-28(39-5)29(19-26)40-6)41(37,38)27-16-13-22(2)14-17-27/h8-19,23-24H,7,20-21H2,1-6H3,(H,32,36)/t23-,24-/m1/s1. The van der Waals surface area contributed by atoms with Crippen LogP contribution in [0.15, 0.2) is 77.7 Å². The summed E-state index contributed by atoms with van der Waals surface area (Å²) in [6.45, 7) is 6.94. The second kappa shape index (κ2) is 14.0. The number of hydrogen-bond donors (Lipinski definition) is 1. The SMILES string of the molecule is CC[C@@H](C)NC(=O)[C@@H](C)N(Cc1ccccc1)C(=O)CN(c1ccc(OC)c(OC)c1)S(=O)(=O)c1ccc(C)cc1. The fourth-order valence-electron chi connectivity index (χ4n) is 4.17. The minimum absolute atomic E-state index is 0.0304. The molecule has 2 atom stereocenters. The molecule has 0 aromatic heterocycles. The molecule has 0 saturated heterocycles. The molecular formula is C31H39N3O6S. The third-order valence-electron chi connectivity index (χ3n) is 6.91. The molecule has 3 aromatic rings. The molecule has 0 fully saturated rings. The fraction of sp³-hybridized carbons (Fsp3) is 0.355. The van der Waals surface area contributed by atoms with Crippen LogP contribution in [-0.2, 0) is 26.2 Å². The number of rotatable bonds is 13. The molecule has 220 valence electrons. The Morgan fingerprint density at radius 2 is 1.54 bits per heavy atom. The number of sulfonamides is 1. The Hall–Kier alpha value is -4.05.